The Labute approximate surface area is 205 Å². The Morgan fingerprint density at radius 1 is 0.914 bits per heavy atom. The zero-order chi connectivity index (χ0) is 24.8. The third kappa shape index (κ3) is 6.01. The van der Waals surface area contributed by atoms with Gasteiger partial charge in [-0.15, -0.1) is 0 Å². The number of ether oxygens (including phenoxy) is 2. The van der Waals surface area contributed by atoms with E-state index in [-0.39, 0.29) is 24.7 Å². The molecule has 2 heterocycles. The molecular weight excluding hydrogens is 444 g/mol. The molecule has 0 spiro atoms. The largest absolute Gasteiger partial charge is 0.497 e. The predicted molar refractivity (Wildman–Crippen MR) is 139 cm³/mol. The van der Waals surface area contributed by atoms with Crippen LogP contribution in [0.5, 0.6) is 11.5 Å². The molecule has 0 atom stereocenters. The van der Waals surface area contributed by atoms with Gasteiger partial charge >= 0.3 is 0 Å². The topological polar surface area (TPSA) is 92.8 Å². The summed E-state index contributed by atoms with van der Waals surface area (Å²) in [5.41, 5.74) is 3.22. The maximum Gasteiger partial charge on any atom is 0.224 e. The second-order valence-electron chi connectivity index (χ2n) is 8.74. The van der Waals surface area contributed by atoms with Gasteiger partial charge < -0.3 is 25.0 Å². The zero-order valence-electron chi connectivity index (χ0n) is 20.5. The van der Waals surface area contributed by atoms with Crippen molar-refractivity contribution in [3.8, 4) is 11.5 Å². The summed E-state index contributed by atoms with van der Waals surface area (Å²) in [6.45, 7) is 4.16. The van der Waals surface area contributed by atoms with Gasteiger partial charge in [0.15, 0.2) is 0 Å². The summed E-state index contributed by atoms with van der Waals surface area (Å²) >= 11 is 0. The molecule has 2 N–H and O–H groups in total. The van der Waals surface area contributed by atoms with E-state index in [0.29, 0.717) is 22.9 Å². The minimum absolute atomic E-state index is 0.0412. The van der Waals surface area contributed by atoms with E-state index in [1.807, 2.05) is 18.2 Å². The maximum atomic E-state index is 12.5. The third-order valence-electron chi connectivity index (χ3n) is 6.23. The molecule has 2 aromatic carbocycles. The standard InChI is InChI=1S/C27H32N4O4/c1-18-15-25(31-13-5-4-6-14-31)29-22-9-7-19(16-21(18)22)28-26(32)11-12-27(33)30-23-17-20(34-2)8-10-24(23)35-3/h7-10,15-17H,4-6,11-14H2,1-3H3,(H,28,32)(H,30,33). The number of fused-ring (bicyclic) bond motifs is 1. The molecule has 0 bridgehead atoms. The Kier molecular flexibility index (Phi) is 7.70. The number of hydrogen-bond acceptors (Lipinski definition) is 6. The highest BCUT2D eigenvalue weighted by molar-refractivity contribution is 5.98. The molecule has 1 saturated heterocycles. The number of amides is 2. The van der Waals surface area contributed by atoms with Crippen molar-refractivity contribution in [2.75, 3.05) is 42.8 Å². The van der Waals surface area contributed by atoms with E-state index in [9.17, 15) is 9.59 Å². The zero-order valence-corrected chi connectivity index (χ0v) is 20.5. The Morgan fingerprint density at radius 2 is 1.66 bits per heavy atom. The molecule has 0 unspecified atom stereocenters. The lowest BCUT2D eigenvalue weighted by molar-refractivity contribution is -0.121. The minimum atomic E-state index is -0.282. The van der Waals surface area contributed by atoms with E-state index in [0.717, 1.165) is 35.4 Å². The molecule has 184 valence electrons. The molecular formula is C27H32N4O4. The van der Waals surface area contributed by atoms with E-state index in [2.05, 4.69) is 28.5 Å². The van der Waals surface area contributed by atoms with Gasteiger partial charge in [0.2, 0.25) is 11.8 Å². The quantitative estimate of drug-likeness (QED) is 0.480. The number of aromatic nitrogens is 1. The van der Waals surface area contributed by atoms with Crippen molar-refractivity contribution in [3.63, 3.8) is 0 Å². The van der Waals surface area contributed by atoms with Gasteiger partial charge in [0.25, 0.3) is 0 Å². The fraction of sp³-hybridized carbons (Fsp3) is 0.370. The number of pyridine rings is 1. The van der Waals surface area contributed by atoms with Gasteiger partial charge in [-0.2, -0.15) is 0 Å². The second kappa shape index (κ2) is 11.1. The van der Waals surface area contributed by atoms with Crippen LogP contribution in [0.1, 0.15) is 37.7 Å². The van der Waals surface area contributed by atoms with Crippen LogP contribution in [-0.2, 0) is 9.59 Å². The molecule has 2 amide bonds. The number of aryl methyl sites for hydroxylation is 1. The molecule has 1 aromatic heterocycles. The average molecular weight is 477 g/mol. The number of nitrogens with one attached hydrogen (secondary N) is 2. The number of carbonyl (C=O) groups is 2. The second-order valence-corrected chi connectivity index (χ2v) is 8.74. The highest BCUT2D eigenvalue weighted by Crippen LogP contribution is 2.29. The van der Waals surface area contributed by atoms with Gasteiger partial charge in [0.05, 0.1) is 25.4 Å². The van der Waals surface area contributed by atoms with E-state index in [4.69, 9.17) is 14.5 Å². The van der Waals surface area contributed by atoms with Crippen LogP contribution in [0.15, 0.2) is 42.5 Å². The Morgan fingerprint density at radius 3 is 2.37 bits per heavy atom. The van der Waals surface area contributed by atoms with Gasteiger partial charge in [-0.25, -0.2) is 4.98 Å². The number of nitrogens with zero attached hydrogens (tertiary/aromatic N) is 2. The van der Waals surface area contributed by atoms with Crippen molar-refractivity contribution >= 4 is 39.9 Å². The summed E-state index contributed by atoms with van der Waals surface area (Å²) < 4.78 is 10.5. The molecule has 0 saturated carbocycles. The molecule has 3 aromatic rings. The molecule has 4 rings (SSSR count). The lowest BCUT2D eigenvalue weighted by Crippen LogP contribution is -2.30. The number of methoxy groups -OCH3 is 2. The molecule has 1 aliphatic rings. The van der Waals surface area contributed by atoms with Crippen LogP contribution >= 0.6 is 0 Å². The number of carbonyl (C=O) groups excluding carboxylic acids is 2. The maximum absolute atomic E-state index is 12.5. The fourth-order valence-electron chi connectivity index (χ4n) is 4.31. The smallest absolute Gasteiger partial charge is 0.224 e. The molecule has 0 aliphatic carbocycles. The predicted octanol–water partition coefficient (Wildman–Crippen LogP) is 4.91. The van der Waals surface area contributed by atoms with E-state index >= 15 is 0 Å². The van der Waals surface area contributed by atoms with Crippen LogP contribution in [0.4, 0.5) is 17.2 Å². The van der Waals surface area contributed by atoms with E-state index in [1.54, 1.807) is 25.3 Å². The van der Waals surface area contributed by atoms with Crippen LogP contribution in [0.25, 0.3) is 10.9 Å². The molecule has 1 aliphatic heterocycles. The summed E-state index contributed by atoms with van der Waals surface area (Å²) in [6.07, 6.45) is 3.79. The number of anilines is 3. The van der Waals surface area contributed by atoms with Crippen molar-refractivity contribution in [1.82, 2.24) is 4.98 Å². The van der Waals surface area contributed by atoms with Crippen LogP contribution in [0, 0.1) is 6.92 Å². The van der Waals surface area contributed by atoms with Gasteiger partial charge in [-0.3, -0.25) is 9.59 Å². The van der Waals surface area contributed by atoms with Gasteiger partial charge in [0, 0.05) is 43.1 Å². The first kappa shape index (κ1) is 24.3. The number of rotatable bonds is 8. The fourth-order valence-corrected chi connectivity index (χ4v) is 4.31. The summed E-state index contributed by atoms with van der Waals surface area (Å²) in [6, 6.07) is 13.0. The first-order valence-corrected chi connectivity index (χ1v) is 11.9. The first-order chi connectivity index (χ1) is 17.0. The normalized spacial score (nSPS) is 13.4. The van der Waals surface area contributed by atoms with Gasteiger partial charge in [-0.1, -0.05) is 0 Å². The Bertz CT molecular complexity index is 1220. The highest BCUT2D eigenvalue weighted by Gasteiger charge is 2.15. The molecule has 8 heteroatoms. The molecule has 1 fully saturated rings. The van der Waals surface area contributed by atoms with Gasteiger partial charge in [-0.05, 0) is 68.1 Å². The van der Waals surface area contributed by atoms with E-state index < -0.39 is 0 Å². The molecule has 8 nitrogen and oxygen atoms in total. The number of hydrogen-bond donors (Lipinski definition) is 2. The lowest BCUT2D eigenvalue weighted by atomic mass is 10.1. The number of benzene rings is 2. The van der Waals surface area contributed by atoms with Gasteiger partial charge in [0.1, 0.15) is 17.3 Å². The Hall–Kier alpha value is -3.81. The van der Waals surface area contributed by atoms with Crippen LogP contribution < -0.4 is 25.0 Å². The number of piperidine rings is 1. The van der Waals surface area contributed by atoms with Crippen LogP contribution in [0.3, 0.4) is 0 Å². The minimum Gasteiger partial charge on any atom is -0.497 e. The van der Waals surface area contributed by atoms with E-state index in [1.165, 1.54) is 26.4 Å². The van der Waals surface area contributed by atoms with Crippen molar-refractivity contribution < 1.29 is 19.1 Å². The summed E-state index contributed by atoms with van der Waals surface area (Å²) in [5.74, 6) is 1.63. The summed E-state index contributed by atoms with van der Waals surface area (Å²) in [5, 5.41) is 6.69. The van der Waals surface area contributed by atoms with Crippen LogP contribution in [-0.4, -0.2) is 44.1 Å². The molecule has 0 radical (unpaired) electrons. The SMILES string of the molecule is COc1ccc(OC)c(NC(=O)CCC(=O)Nc2ccc3nc(N4CCCCC4)cc(C)c3c2)c1. The lowest BCUT2D eigenvalue weighted by Gasteiger charge is -2.28. The van der Waals surface area contributed by atoms with Crippen molar-refractivity contribution in [2.24, 2.45) is 0 Å². The average Bonchev–Trinajstić information content (AvgIpc) is 2.88. The highest BCUT2D eigenvalue weighted by atomic mass is 16.5. The summed E-state index contributed by atoms with van der Waals surface area (Å²) in [7, 11) is 3.08. The first-order valence-electron chi connectivity index (χ1n) is 11.9. The Balaban J connectivity index is 1.36. The van der Waals surface area contributed by atoms with Crippen molar-refractivity contribution in [2.45, 2.75) is 39.0 Å². The summed E-state index contributed by atoms with van der Waals surface area (Å²) in [4.78, 5) is 32.1. The monoisotopic (exact) mass is 476 g/mol. The third-order valence-corrected chi connectivity index (χ3v) is 6.23. The van der Waals surface area contributed by atoms with Crippen LogP contribution in [0.2, 0.25) is 0 Å². The molecule has 35 heavy (non-hydrogen) atoms. The van der Waals surface area contributed by atoms with Crippen molar-refractivity contribution in [3.05, 3.63) is 48.0 Å². The van der Waals surface area contributed by atoms with Crippen molar-refractivity contribution in [1.29, 1.82) is 0 Å².